The number of allylic oxidation sites excluding steroid dienone is 1. The van der Waals surface area contributed by atoms with Gasteiger partial charge in [-0.2, -0.15) is 0 Å². The number of amides is 1. The van der Waals surface area contributed by atoms with Crippen LogP contribution in [0.3, 0.4) is 0 Å². The van der Waals surface area contributed by atoms with E-state index in [1.165, 1.54) is 6.08 Å². The molecule has 1 heterocycles. The maximum absolute atomic E-state index is 12.3. The van der Waals surface area contributed by atoms with Crippen LogP contribution in [-0.4, -0.2) is 49.6 Å². The molecule has 0 fully saturated rings. The van der Waals surface area contributed by atoms with Crippen molar-refractivity contribution < 1.29 is 19.1 Å². The van der Waals surface area contributed by atoms with Gasteiger partial charge in [-0.3, -0.25) is 9.59 Å². The van der Waals surface area contributed by atoms with Crippen molar-refractivity contribution in [3.05, 3.63) is 65.9 Å². The third kappa shape index (κ3) is 5.61. The highest BCUT2D eigenvalue weighted by Gasteiger charge is 2.15. The van der Waals surface area contributed by atoms with E-state index in [0.717, 1.165) is 25.3 Å². The van der Waals surface area contributed by atoms with E-state index in [1.54, 1.807) is 48.7 Å². The molecule has 2 N–H and O–H groups in total. The molecule has 0 spiro atoms. The van der Waals surface area contributed by atoms with Gasteiger partial charge >= 0.3 is 0 Å². The molecule has 0 saturated carbocycles. The van der Waals surface area contributed by atoms with E-state index in [2.05, 4.69) is 29.4 Å². The summed E-state index contributed by atoms with van der Waals surface area (Å²) >= 11 is 0. The second kappa shape index (κ2) is 10.5. The Morgan fingerprint density at radius 1 is 1.00 bits per heavy atom. The molecule has 0 aromatic heterocycles. The molecule has 1 aliphatic heterocycles. The minimum Gasteiger partial charge on any atom is -0.454 e. The summed E-state index contributed by atoms with van der Waals surface area (Å²) in [6, 6.07) is 12.2. The Kier molecular flexibility index (Phi) is 7.45. The smallest absolute Gasteiger partial charge is 0.251 e. The van der Waals surface area contributed by atoms with Gasteiger partial charge in [0.15, 0.2) is 17.3 Å². The second-order valence-electron chi connectivity index (χ2n) is 6.77. The lowest BCUT2D eigenvalue weighted by atomic mass is 10.1. The van der Waals surface area contributed by atoms with Gasteiger partial charge in [-0.1, -0.05) is 13.8 Å². The number of hydrogen-bond donors (Lipinski definition) is 2. The molecule has 1 amide bonds. The van der Waals surface area contributed by atoms with Gasteiger partial charge in [0.05, 0.1) is 0 Å². The summed E-state index contributed by atoms with van der Waals surface area (Å²) in [6.45, 7) is 7.78. The van der Waals surface area contributed by atoms with Gasteiger partial charge in [-0.05, 0) is 55.6 Å². The summed E-state index contributed by atoms with van der Waals surface area (Å²) in [5.74, 6) is 0.978. The molecule has 0 aliphatic carbocycles. The molecule has 1 aliphatic rings. The quantitative estimate of drug-likeness (QED) is 0.463. The molecular weight excluding hydrogens is 382 g/mol. The SMILES string of the molecule is CCN(CC)CCNC(=O)c1ccc(N/C=C/C(=O)c2ccc3c(c2)OCO3)cc1. The van der Waals surface area contributed by atoms with E-state index in [1.807, 2.05) is 0 Å². The summed E-state index contributed by atoms with van der Waals surface area (Å²) in [5.41, 5.74) is 1.90. The number of ether oxygens (including phenoxy) is 2. The first-order valence-corrected chi connectivity index (χ1v) is 10.1. The Bertz CT molecular complexity index is 905. The monoisotopic (exact) mass is 409 g/mol. The fraction of sp³-hybridized carbons (Fsp3) is 0.304. The number of rotatable bonds is 10. The van der Waals surface area contributed by atoms with Crippen molar-refractivity contribution in [2.24, 2.45) is 0 Å². The van der Waals surface area contributed by atoms with Gasteiger partial charge in [0.2, 0.25) is 6.79 Å². The topological polar surface area (TPSA) is 79.9 Å². The first kappa shape index (κ1) is 21.4. The lowest BCUT2D eigenvalue weighted by Gasteiger charge is -2.17. The fourth-order valence-electron chi connectivity index (χ4n) is 3.05. The van der Waals surface area contributed by atoms with Crippen LogP contribution in [0.15, 0.2) is 54.7 Å². The molecule has 3 rings (SSSR count). The summed E-state index contributed by atoms with van der Waals surface area (Å²) in [6.07, 6.45) is 3.03. The fourth-order valence-corrected chi connectivity index (χ4v) is 3.05. The van der Waals surface area contributed by atoms with Gasteiger partial charge in [0.25, 0.3) is 5.91 Å². The van der Waals surface area contributed by atoms with Crippen molar-refractivity contribution in [1.29, 1.82) is 0 Å². The Balaban J connectivity index is 1.48. The van der Waals surface area contributed by atoms with Gasteiger partial charge in [0, 0.05) is 42.2 Å². The highest BCUT2D eigenvalue weighted by atomic mass is 16.7. The summed E-state index contributed by atoms with van der Waals surface area (Å²) in [7, 11) is 0. The number of anilines is 1. The van der Waals surface area contributed by atoms with E-state index < -0.39 is 0 Å². The number of likely N-dealkylation sites (N-methyl/N-ethyl adjacent to an activating group) is 1. The maximum atomic E-state index is 12.3. The zero-order valence-corrected chi connectivity index (χ0v) is 17.3. The van der Waals surface area contributed by atoms with Crippen molar-refractivity contribution in [3.8, 4) is 11.5 Å². The first-order chi connectivity index (χ1) is 14.6. The minimum absolute atomic E-state index is 0.0952. The van der Waals surface area contributed by atoms with Crippen LogP contribution in [0, 0.1) is 0 Å². The van der Waals surface area contributed by atoms with Crippen molar-refractivity contribution in [3.63, 3.8) is 0 Å². The molecule has 2 aromatic carbocycles. The van der Waals surface area contributed by atoms with Crippen LogP contribution in [0.2, 0.25) is 0 Å². The minimum atomic E-state index is -0.148. The summed E-state index contributed by atoms with van der Waals surface area (Å²) in [4.78, 5) is 26.8. The van der Waals surface area contributed by atoms with Gasteiger partial charge < -0.3 is 25.0 Å². The third-order valence-electron chi connectivity index (χ3n) is 4.90. The van der Waals surface area contributed by atoms with Crippen LogP contribution >= 0.6 is 0 Å². The van der Waals surface area contributed by atoms with Crippen LogP contribution in [-0.2, 0) is 0 Å². The predicted octanol–water partition coefficient (Wildman–Crippen LogP) is 3.30. The van der Waals surface area contributed by atoms with Crippen LogP contribution in [0.5, 0.6) is 11.5 Å². The molecule has 0 bridgehead atoms. The molecule has 30 heavy (non-hydrogen) atoms. The van der Waals surface area contributed by atoms with E-state index >= 15 is 0 Å². The molecule has 7 nitrogen and oxygen atoms in total. The lowest BCUT2D eigenvalue weighted by Crippen LogP contribution is -2.34. The normalized spacial score (nSPS) is 12.4. The Morgan fingerprint density at radius 3 is 2.43 bits per heavy atom. The van der Waals surface area contributed by atoms with E-state index in [9.17, 15) is 9.59 Å². The zero-order valence-electron chi connectivity index (χ0n) is 17.3. The van der Waals surface area contributed by atoms with Crippen molar-refractivity contribution in [1.82, 2.24) is 10.2 Å². The van der Waals surface area contributed by atoms with Gasteiger partial charge in [0.1, 0.15) is 0 Å². The third-order valence-corrected chi connectivity index (χ3v) is 4.90. The van der Waals surface area contributed by atoms with E-state index in [-0.39, 0.29) is 18.5 Å². The number of nitrogens with one attached hydrogen (secondary N) is 2. The highest BCUT2D eigenvalue weighted by Crippen LogP contribution is 2.32. The Hall–Kier alpha value is -3.32. The predicted molar refractivity (Wildman–Crippen MR) is 116 cm³/mol. The van der Waals surface area contributed by atoms with Crippen LogP contribution < -0.4 is 20.1 Å². The maximum Gasteiger partial charge on any atom is 0.251 e. The van der Waals surface area contributed by atoms with E-state index in [4.69, 9.17) is 9.47 Å². The Morgan fingerprint density at radius 2 is 1.70 bits per heavy atom. The molecule has 7 heteroatoms. The molecule has 0 unspecified atom stereocenters. The molecule has 2 aromatic rings. The highest BCUT2D eigenvalue weighted by molar-refractivity contribution is 6.05. The largest absolute Gasteiger partial charge is 0.454 e. The van der Waals surface area contributed by atoms with Crippen molar-refractivity contribution >= 4 is 17.4 Å². The summed E-state index contributed by atoms with van der Waals surface area (Å²) in [5, 5.41) is 5.97. The molecule has 158 valence electrons. The molecule has 0 atom stereocenters. The van der Waals surface area contributed by atoms with Gasteiger partial charge in [-0.25, -0.2) is 0 Å². The molecule has 0 radical (unpaired) electrons. The standard InChI is InChI=1S/C23H27N3O4/c1-3-26(4-2)14-13-25-23(28)17-5-8-19(9-6-17)24-12-11-20(27)18-7-10-21-22(15-18)30-16-29-21/h5-12,15,24H,3-4,13-14,16H2,1-2H3,(H,25,28)/b12-11+. The summed E-state index contributed by atoms with van der Waals surface area (Å²) < 4.78 is 10.5. The van der Waals surface area contributed by atoms with Crippen LogP contribution in [0.25, 0.3) is 0 Å². The van der Waals surface area contributed by atoms with Crippen molar-refractivity contribution in [2.75, 3.05) is 38.3 Å². The zero-order chi connectivity index (χ0) is 21.3. The number of ketones is 1. The average molecular weight is 409 g/mol. The number of nitrogens with zero attached hydrogens (tertiary/aromatic N) is 1. The molecular formula is C23H27N3O4. The number of carbonyl (C=O) groups is 2. The van der Waals surface area contributed by atoms with Crippen molar-refractivity contribution in [2.45, 2.75) is 13.8 Å². The van der Waals surface area contributed by atoms with Crippen LogP contribution in [0.1, 0.15) is 34.6 Å². The van der Waals surface area contributed by atoms with Gasteiger partial charge in [-0.15, -0.1) is 0 Å². The lowest BCUT2D eigenvalue weighted by molar-refractivity contribution is 0.0948. The number of hydrogen-bond acceptors (Lipinski definition) is 6. The number of fused-ring (bicyclic) bond motifs is 1. The second-order valence-corrected chi connectivity index (χ2v) is 6.77. The first-order valence-electron chi connectivity index (χ1n) is 10.1. The Labute approximate surface area is 176 Å². The van der Waals surface area contributed by atoms with E-state index in [0.29, 0.717) is 29.2 Å². The number of benzene rings is 2. The van der Waals surface area contributed by atoms with Crippen LogP contribution in [0.4, 0.5) is 5.69 Å². The average Bonchev–Trinajstić information content (AvgIpc) is 3.25. The molecule has 0 saturated heterocycles. The number of carbonyl (C=O) groups excluding carboxylic acids is 2.